The zero-order chi connectivity index (χ0) is 14.8. The number of nitrogens with one attached hydrogen (secondary N) is 1. The molecule has 112 valence electrons. The van der Waals surface area contributed by atoms with Crippen molar-refractivity contribution < 1.29 is 19.4 Å². The summed E-state index contributed by atoms with van der Waals surface area (Å²) in [5, 5.41) is 13.4. The van der Waals surface area contributed by atoms with Gasteiger partial charge in [-0.2, -0.15) is 0 Å². The molecular formula is C16H19NO4. The van der Waals surface area contributed by atoms with E-state index in [1.54, 1.807) is 12.1 Å². The zero-order valence-corrected chi connectivity index (χ0v) is 12.1. The van der Waals surface area contributed by atoms with Crippen molar-refractivity contribution in [2.24, 2.45) is 0 Å². The standard InChI is InChI=1S/C16H19NO4/c1-15-8-10(17-14(19)9-6-4-3-5-7-9)12-16(2,21-15)13(20-12)11(15)18/h3-7,10-13,18H,8H2,1-2H3,(H,17,19)/t10-,11+,12-,13+,15-,16+/m0/s1. The van der Waals surface area contributed by atoms with Crippen LogP contribution in [0, 0.1) is 0 Å². The van der Waals surface area contributed by atoms with Crippen LogP contribution in [0.2, 0.25) is 0 Å². The predicted molar refractivity (Wildman–Crippen MR) is 74.9 cm³/mol. The Morgan fingerprint density at radius 2 is 2.00 bits per heavy atom. The number of aliphatic hydroxyl groups is 1. The Hall–Kier alpha value is -1.43. The van der Waals surface area contributed by atoms with Crippen molar-refractivity contribution in [2.45, 2.75) is 55.8 Å². The number of carbonyl (C=O) groups excluding carboxylic acids is 1. The molecule has 1 aromatic rings. The monoisotopic (exact) mass is 289 g/mol. The highest BCUT2D eigenvalue weighted by Crippen LogP contribution is 2.57. The summed E-state index contributed by atoms with van der Waals surface area (Å²) in [4.78, 5) is 12.3. The first-order valence-electron chi connectivity index (χ1n) is 7.34. The third-order valence-electron chi connectivity index (χ3n) is 5.13. The Bertz CT molecular complexity index is 583. The lowest BCUT2D eigenvalue weighted by Crippen LogP contribution is -2.71. The molecule has 0 unspecified atom stereocenters. The number of hydrogen-bond donors (Lipinski definition) is 2. The Labute approximate surface area is 123 Å². The Kier molecular flexibility index (Phi) is 2.56. The van der Waals surface area contributed by atoms with Gasteiger partial charge in [0.2, 0.25) is 0 Å². The van der Waals surface area contributed by atoms with Gasteiger partial charge in [0.15, 0.2) is 0 Å². The maximum absolute atomic E-state index is 12.3. The first kappa shape index (κ1) is 13.2. The van der Waals surface area contributed by atoms with Crippen LogP contribution in [0.15, 0.2) is 30.3 Å². The maximum Gasteiger partial charge on any atom is 0.251 e. The molecule has 2 bridgehead atoms. The van der Waals surface area contributed by atoms with E-state index in [-0.39, 0.29) is 24.2 Å². The first-order valence-corrected chi connectivity index (χ1v) is 7.34. The number of benzene rings is 1. The molecule has 6 atom stereocenters. The van der Waals surface area contributed by atoms with Crippen LogP contribution in [0.4, 0.5) is 0 Å². The minimum Gasteiger partial charge on any atom is -0.387 e. The SMILES string of the molecule is C[C@@]12O[C@@]3(C)C[C@H](NC(=O)c4ccccc4)[C@@H]1O[C@@H]2[C@H]3O. The second-order valence-electron chi connectivity index (χ2n) is 6.67. The Morgan fingerprint density at radius 1 is 1.29 bits per heavy atom. The van der Waals surface area contributed by atoms with Crippen LogP contribution >= 0.6 is 0 Å². The number of rotatable bonds is 2. The van der Waals surface area contributed by atoms with Crippen LogP contribution in [-0.4, -0.2) is 46.6 Å². The van der Waals surface area contributed by atoms with Crippen molar-refractivity contribution >= 4 is 5.91 Å². The number of fused-ring (bicyclic) bond motifs is 1. The quantitative estimate of drug-likeness (QED) is 0.847. The number of hydrogen-bond acceptors (Lipinski definition) is 4. The molecule has 3 aliphatic rings. The highest BCUT2D eigenvalue weighted by atomic mass is 16.7. The van der Waals surface area contributed by atoms with E-state index in [1.807, 2.05) is 32.0 Å². The van der Waals surface area contributed by atoms with E-state index < -0.39 is 17.3 Å². The summed E-state index contributed by atoms with van der Waals surface area (Å²) in [6.07, 6.45) is -0.562. The molecule has 5 nitrogen and oxygen atoms in total. The maximum atomic E-state index is 12.3. The molecule has 3 saturated heterocycles. The fourth-order valence-corrected chi connectivity index (χ4v) is 4.07. The fourth-order valence-electron chi connectivity index (χ4n) is 4.07. The summed E-state index contributed by atoms with van der Waals surface area (Å²) < 4.78 is 11.8. The van der Waals surface area contributed by atoms with Crippen LogP contribution in [0.3, 0.4) is 0 Å². The van der Waals surface area contributed by atoms with Gasteiger partial charge in [-0.15, -0.1) is 0 Å². The normalized spacial score (nSPS) is 46.8. The molecule has 1 amide bonds. The molecule has 5 heteroatoms. The minimum absolute atomic E-state index is 0.115. The number of carbonyl (C=O) groups is 1. The topological polar surface area (TPSA) is 67.8 Å². The smallest absolute Gasteiger partial charge is 0.251 e. The lowest BCUT2D eigenvalue weighted by atomic mass is 9.82. The second-order valence-corrected chi connectivity index (χ2v) is 6.67. The van der Waals surface area contributed by atoms with E-state index in [4.69, 9.17) is 9.47 Å². The van der Waals surface area contributed by atoms with Gasteiger partial charge in [-0.25, -0.2) is 0 Å². The fraction of sp³-hybridized carbons (Fsp3) is 0.562. The van der Waals surface area contributed by atoms with E-state index >= 15 is 0 Å². The highest BCUT2D eigenvalue weighted by Gasteiger charge is 2.74. The second kappa shape index (κ2) is 4.06. The Balaban J connectivity index is 1.57. The summed E-state index contributed by atoms with van der Waals surface area (Å²) in [5.74, 6) is -0.115. The summed E-state index contributed by atoms with van der Waals surface area (Å²) in [7, 11) is 0. The average molecular weight is 289 g/mol. The highest BCUT2D eigenvalue weighted by molar-refractivity contribution is 5.94. The largest absolute Gasteiger partial charge is 0.387 e. The van der Waals surface area contributed by atoms with Crippen LogP contribution in [0.5, 0.6) is 0 Å². The van der Waals surface area contributed by atoms with Crippen LogP contribution in [0.1, 0.15) is 30.6 Å². The van der Waals surface area contributed by atoms with Crippen molar-refractivity contribution in [3.8, 4) is 0 Å². The molecule has 21 heavy (non-hydrogen) atoms. The molecule has 0 radical (unpaired) electrons. The lowest BCUT2D eigenvalue weighted by Gasteiger charge is -2.54. The van der Waals surface area contributed by atoms with Crippen LogP contribution in [0.25, 0.3) is 0 Å². The van der Waals surface area contributed by atoms with Crippen LogP contribution < -0.4 is 5.32 Å². The van der Waals surface area contributed by atoms with Gasteiger partial charge in [0.05, 0.1) is 11.6 Å². The number of amides is 1. The van der Waals surface area contributed by atoms with E-state index in [0.29, 0.717) is 12.0 Å². The van der Waals surface area contributed by atoms with Crippen molar-refractivity contribution in [1.29, 1.82) is 0 Å². The van der Waals surface area contributed by atoms with Gasteiger partial charge in [0.1, 0.15) is 23.9 Å². The zero-order valence-electron chi connectivity index (χ0n) is 12.1. The first-order chi connectivity index (χ1) is 9.94. The van der Waals surface area contributed by atoms with Crippen molar-refractivity contribution in [3.63, 3.8) is 0 Å². The van der Waals surface area contributed by atoms with E-state index in [1.165, 1.54) is 0 Å². The summed E-state index contributed by atoms with van der Waals surface area (Å²) in [5.41, 5.74) is -0.523. The van der Waals surface area contributed by atoms with Crippen molar-refractivity contribution in [2.75, 3.05) is 0 Å². The third-order valence-corrected chi connectivity index (χ3v) is 5.13. The number of ether oxygens (including phenoxy) is 2. The molecule has 2 N–H and O–H groups in total. The van der Waals surface area contributed by atoms with Gasteiger partial charge in [0, 0.05) is 12.0 Å². The predicted octanol–water partition coefficient (Wildman–Crippen LogP) is 0.865. The molecular weight excluding hydrogens is 270 g/mol. The summed E-state index contributed by atoms with van der Waals surface area (Å²) >= 11 is 0. The van der Waals surface area contributed by atoms with Gasteiger partial charge in [-0.05, 0) is 26.0 Å². The molecule has 0 saturated carbocycles. The lowest BCUT2D eigenvalue weighted by molar-refractivity contribution is -0.304. The van der Waals surface area contributed by atoms with Gasteiger partial charge in [-0.3, -0.25) is 4.79 Å². The Morgan fingerprint density at radius 3 is 2.71 bits per heavy atom. The van der Waals surface area contributed by atoms with Gasteiger partial charge in [0.25, 0.3) is 5.91 Å². The van der Waals surface area contributed by atoms with Gasteiger partial charge >= 0.3 is 0 Å². The van der Waals surface area contributed by atoms with Crippen LogP contribution in [-0.2, 0) is 9.47 Å². The van der Waals surface area contributed by atoms with E-state index in [9.17, 15) is 9.90 Å². The minimum atomic E-state index is -0.652. The third kappa shape index (κ3) is 1.65. The summed E-state index contributed by atoms with van der Waals surface area (Å²) in [6.45, 7) is 3.85. The molecule has 1 aromatic carbocycles. The summed E-state index contributed by atoms with van der Waals surface area (Å²) in [6, 6.07) is 8.98. The molecule has 4 rings (SSSR count). The van der Waals surface area contributed by atoms with Gasteiger partial charge in [-0.1, -0.05) is 18.2 Å². The molecule has 0 aliphatic carbocycles. The molecule has 3 fully saturated rings. The molecule has 3 aliphatic heterocycles. The van der Waals surface area contributed by atoms with E-state index in [2.05, 4.69) is 5.32 Å². The van der Waals surface area contributed by atoms with E-state index in [0.717, 1.165) is 0 Å². The van der Waals surface area contributed by atoms with Crippen molar-refractivity contribution in [3.05, 3.63) is 35.9 Å². The molecule has 0 aromatic heterocycles. The molecule has 0 spiro atoms. The number of aliphatic hydroxyl groups excluding tert-OH is 1. The molecule has 3 heterocycles. The average Bonchev–Trinajstić information content (AvgIpc) is 2.54. The van der Waals surface area contributed by atoms with Gasteiger partial charge < -0.3 is 19.9 Å². The van der Waals surface area contributed by atoms with Crippen molar-refractivity contribution in [1.82, 2.24) is 5.32 Å².